The van der Waals surface area contributed by atoms with E-state index < -0.39 is 0 Å². The van der Waals surface area contributed by atoms with E-state index in [-0.39, 0.29) is 5.56 Å². The van der Waals surface area contributed by atoms with Gasteiger partial charge in [0.15, 0.2) is 5.16 Å². The van der Waals surface area contributed by atoms with Crippen LogP contribution in [0.3, 0.4) is 0 Å². The van der Waals surface area contributed by atoms with Crippen molar-refractivity contribution in [3.05, 3.63) is 58.0 Å². The number of aryl methyl sites for hydroxylation is 1. The number of nitrogens with one attached hydrogen (secondary N) is 1. The highest BCUT2D eigenvalue weighted by Crippen LogP contribution is 2.21. The summed E-state index contributed by atoms with van der Waals surface area (Å²) in [4.78, 5) is 14.2. The van der Waals surface area contributed by atoms with Crippen molar-refractivity contribution in [2.24, 2.45) is 0 Å². The van der Waals surface area contributed by atoms with Gasteiger partial charge in [0.2, 0.25) is 5.78 Å². The van der Waals surface area contributed by atoms with E-state index in [9.17, 15) is 4.79 Å². The summed E-state index contributed by atoms with van der Waals surface area (Å²) in [6, 6.07) is 11.8. The van der Waals surface area contributed by atoms with E-state index in [0.29, 0.717) is 5.78 Å². The minimum atomic E-state index is -0.138. The fraction of sp³-hybridized carbons (Fsp3) is 0.214. The number of thioether (sulfide) groups is 1. The van der Waals surface area contributed by atoms with Crippen LogP contribution in [0.5, 0.6) is 0 Å². The molecule has 20 heavy (non-hydrogen) atoms. The van der Waals surface area contributed by atoms with Crippen molar-refractivity contribution in [1.29, 1.82) is 0 Å². The van der Waals surface area contributed by atoms with Crippen LogP contribution in [0.4, 0.5) is 0 Å². The molecule has 1 aromatic carbocycles. The van der Waals surface area contributed by atoms with Gasteiger partial charge in [-0.05, 0) is 12.0 Å². The second kappa shape index (κ2) is 5.50. The van der Waals surface area contributed by atoms with Gasteiger partial charge in [0, 0.05) is 17.5 Å². The Morgan fingerprint density at radius 1 is 1.25 bits per heavy atom. The molecule has 3 rings (SSSR count). The number of rotatable bonds is 4. The topological polar surface area (TPSA) is 63.0 Å². The average molecular weight is 286 g/mol. The molecule has 0 aliphatic carbocycles. The molecule has 0 radical (unpaired) electrons. The van der Waals surface area contributed by atoms with Crippen LogP contribution in [0.15, 0.2) is 46.3 Å². The number of aromatic amines is 1. The smallest absolute Gasteiger partial charge is 0.252 e. The largest absolute Gasteiger partial charge is 0.291 e. The molecule has 0 bridgehead atoms. The number of hydrogen-bond donors (Lipinski definition) is 1. The normalized spacial score (nSPS) is 11.1. The Morgan fingerprint density at radius 2 is 2.05 bits per heavy atom. The predicted octanol–water partition coefficient (Wildman–Crippen LogP) is 2.27. The summed E-state index contributed by atoms with van der Waals surface area (Å²) < 4.78 is 1.91. The van der Waals surface area contributed by atoms with Gasteiger partial charge >= 0.3 is 0 Å². The molecule has 0 atom stereocenters. The maximum absolute atomic E-state index is 11.5. The quantitative estimate of drug-likeness (QED) is 0.747. The van der Waals surface area contributed by atoms with Crippen molar-refractivity contribution in [2.75, 3.05) is 0 Å². The first-order valence-corrected chi connectivity index (χ1v) is 7.40. The third-order valence-corrected chi connectivity index (χ3v) is 4.03. The highest BCUT2D eigenvalue weighted by Gasteiger charge is 2.10. The maximum Gasteiger partial charge on any atom is 0.252 e. The fourth-order valence-corrected chi connectivity index (χ4v) is 2.97. The van der Waals surface area contributed by atoms with Gasteiger partial charge < -0.3 is 0 Å². The molecule has 6 heteroatoms. The highest BCUT2D eigenvalue weighted by atomic mass is 32.2. The van der Waals surface area contributed by atoms with Crippen LogP contribution in [0.2, 0.25) is 0 Å². The molecule has 0 aliphatic heterocycles. The lowest BCUT2D eigenvalue weighted by atomic mass is 10.2. The summed E-state index contributed by atoms with van der Waals surface area (Å²) in [5.74, 6) is 1.33. The van der Waals surface area contributed by atoms with Crippen LogP contribution in [0, 0.1) is 0 Å². The van der Waals surface area contributed by atoms with Crippen LogP contribution in [0.25, 0.3) is 5.78 Å². The third-order valence-electron chi connectivity index (χ3n) is 3.03. The second-order valence-corrected chi connectivity index (χ2v) is 5.34. The number of fused-ring (bicyclic) bond motifs is 1. The molecular weight excluding hydrogens is 272 g/mol. The monoisotopic (exact) mass is 286 g/mol. The Hall–Kier alpha value is -2.08. The van der Waals surface area contributed by atoms with E-state index in [0.717, 1.165) is 23.0 Å². The zero-order valence-corrected chi connectivity index (χ0v) is 11.9. The molecule has 0 unspecified atom stereocenters. The lowest BCUT2D eigenvalue weighted by Crippen LogP contribution is -2.11. The summed E-state index contributed by atoms with van der Waals surface area (Å²) in [6.45, 7) is 2.01. The van der Waals surface area contributed by atoms with Crippen molar-refractivity contribution in [3.8, 4) is 0 Å². The zero-order valence-electron chi connectivity index (χ0n) is 11.0. The van der Waals surface area contributed by atoms with E-state index in [1.807, 2.05) is 29.5 Å². The maximum atomic E-state index is 11.5. The van der Waals surface area contributed by atoms with Crippen molar-refractivity contribution in [3.63, 3.8) is 0 Å². The molecule has 0 fully saturated rings. The molecule has 0 saturated carbocycles. The van der Waals surface area contributed by atoms with Crippen LogP contribution >= 0.6 is 11.8 Å². The Bertz CT molecular complexity index is 779. The van der Waals surface area contributed by atoms with Crippen LogP contribution in [-0.4, -0.2) is 19.6 Å². The fourth-order valence-electron chi connectivity index (χ4n) is 2.05. The summed E-state index contributed by atoms with van der Waals surface area (Å²) in [6.07, 6.45) is 0.761. The lowest BCUT2D eigenvalue weighted by molar-refractivity contribution is 0.850. The van der Waals surface area contributed by atoms with Crippen molar-refractivity contribution in [2.45, 2.75) is 24.3 Å². The molecule has 0 amide bonds. The first-order valence-electron chi connectivity index (χ1n) is 6.42. The summed E-state index contributed by atoms with van der Waals surface area (Å²) in [5, 5.41) is 9.01. The molecule has 2 heterocycles. The second-order valence-electron chi connectivity index (χ2n) is 4.39. The first kappa shape index (κ1) is 12.9. The molecule has 3 aromatic rings. The van der Waals surface area contributed by atoms with Crippen LogP contribution < -0.4 is 5.56 Å². The molecule has 0 aliphatic rings. The molecule has 102 valence electrons. The van der Waals surface area contributed by atoms with Gasteiger partial charge in [-0.25, -0.2) is 0 Å². The Kier molecular flexibility index (Phi) is 3.56. The van der Waals surface area contributed by atoms with Crippen molar-refractivity contribution < 1.29 is 0 Å². The van der Waals surface area contributed by atoms with Gasteiger partial charge in [-0.1, -0.05) is 49.0 Å². The highest BCUT2D eigenvalue weighted by molar-refractivity contribution is 7.98. The van der Waals surface area contributed by atoms with E-state index in [2.05, 4.69) is 27.3 Å². The molecule has 2 aromatic heterocycles. The van der Waals surface area contributed by atoms with E-state index in [4.69, 9.17) is 0 Å². The lowest BCUT2D eigenvalue weighted by Gasteiger charge is -2.04. The number of benzene rings is 1. The molecule has 0 spiro atoms. The number of nitrogens with zero attached hydrogens (tertiary/aromatic N) is 3. The van der Waals surface area contributed by atoms with Gasteiger partial charge in [0.25, 0.3) is 5.56 Å². The molecular formula is C14H14N4OS. The van der Waals surface area contributed by atoms with Gasteiger partial charge in [0.1, 0.15) is 0 Å². The molecule has 1 N–H and O–H groups in total. The molecule has 5 nitrogen and oxygen atoms in total. The average Bonchev–Trinajstić information content (AvgIpc) is 2.88. The van der Waals surface area contributed by atoms with Gasteiger partial charge in [-0.2, -0.15) is 0 Å². The summed E-state index contributed by atoms with van der Waals surface area (Å²) >= 11 is 1.61. The Balaban J connectivity index is 1.94. The minimum absolute atomic E-state index is 0.138. The van der Waals surface area contributed by atoms with E-state index in [1.165, 1.54) is 5.56 Å². The zero-order chi connectivity index (χ0) is 13.9. The van der Waals surface area contributed by atoms with Gasteiger partial charge in [-0.3, -0.25) is 14.2 Å². The predicted molar refractivity (Wildman–Crippen MR) is 79.0 cm³/mol. The van der Waals surface area contributed by atoms with Crippen LogP contribution in [0.1, 0.15) is 18.2 Å². The molecule has 0 saturated heterocycles. The Morgan fingerprint density at radius 3 is 2.80 bits per heavy atom. The first-order chi connectivity index (χ1) is 9.78. The van der Waals surface area contributed by atoms with Gasteiger partial charge in [-0.15, -0.1) is 10.2 Å². The Labute approximate surface area is 120 Å². The minimum Gasteiger partial charge on any atom is -0.291 e. The SMILES string of the molecule is CCc1cc(=O)[nH]c2nnc(SCc3ccccc3)n12. The van der Waals surface area contributed by atoms with Gasteiger partial charge in [0.05, 0.1) is 0 Å². The van der Waals surface area contributed by atoms with Crippen molar-refractivity contribution >= 4 is 17.5 Å². The van der Waals surface area contributed by atoms with Crippen molar-refractivity contribution in [1.82, 2.24) is 19.6 Å². The standard InChI is InChI=1S/C14H14N4OS/c1-2-11-8-12(19)15-13-16-17-14(18(11)13)20-9-10-6-4-3-5-7-10/h3-8H,2,9H2,1H3,(H,15,16,19). The summed E-state index contributed by atoms with van der Waals surface area (Å²) in [7, 11) is 0. The third kappa shape index (κ3) is 2.46. The van der Waals surface area contributed by atoms with E-state index >= 15 is 0 Å². The summed E-state index contributed by atoms with van der Waals surface area (Å²) in [5.41, 5.74) is 2.02. The number of H-pyrrole nitrogens is 1. The van der Waals surface area contributed by atoms with E-state index in [1.54, 1.807) is 17.8 Å². The number of aromatic nitrogens is 4. The number of hydrogen-bond acceptors (Lipinski definition) is 4. The van der Waals surface area contributed by atoms with Crippen LogP contribution in [-0.2, 0) is 12.2 Å².